The van der Waals surface area contributed by atoms with Crippen LogP contribution in [0.2, 0.25) is 0 Å². The number of benzene rings is 4. The van der Waals surface area contributed by atoms with E-state index in [1.54, 1.807) is 0 Å². The molecule has 0 aliphatic heterocycles. The summed E-state index contributed by atoms with van der Waals surface area (Å²) in [6, 6.07) is 38.7. The normalized spacial score (nSPS) is 11.1. The first-order valence-electron chi connectivity index (χ1n) is 11.3. The van der Waals surface area contributed by atoms with E-state index in [1.807, 2.05) is 0 Å². The maximum Gasteiger partial charge on any atom is 0.144 e. The summed E-state index contributed by atoms with van der Waals surface area (Å²) in [5.74, 6) is 0.999. The Hall–Kier alpha value is -3.48. The van der Waals surface area contributed by atoms with Gasteiger partial charge in [0.05, 0.1) is 11.4 Å². The van der Waals surface area contributed by atoms with Gasteiger partial charge in [-0.05, 0) is 43.5 Å². The Balaban J connectivity index is 1.63. The van der Waals surface area contributed by atoms with Gasteiger partial charge in [0.25, 0.3) is 0 Å². The lowest BCUT2D eigenvalue weighted by Crippen LogP contribution is -2.13. The highest BCUT2D eigenvalue weighted by molar-refractivity contribution is 7.72. The maximum absolute atomic E-state index is 5.21. The van der Waals surface area contributed by atoms with Crippen LogP contribution >= 0.6 is 7.92 Å². The van der Waals surface area contributed by atoms with Gasteiger partial charge in [-0.3, -0.25) is 4.57 Å². The lowest BCUT2D eigenvalue weighted by molar-refractivity contribution is 1.03. The Morgan fingerprint density at radius 1 is 0.636 bits per heavy atom. The third-order valence-corrected chi connectivity index (χ3v) is 8.41. The van der Waals surface area contributed by atoms with E-state index in [9.17, 15) is 0 Å². The molecular formula is C30H27N2P. The number of hydrogen-bond donors (Lipinski definition) is 0. The molecule has 162 valence electrons. The van der Waals surface area contributed by atoms with Crippen LogP contribution in [0.25, 0.3) is 17.1 Å². The van der Waals surface area contributed by atoms with Crippen LogP contribution in [-0.4, -0.2) is 9.55 Å². The van der Waals surface area contributed by atoms with E-state index in [2.05, 4.69) is 134 Å². The van der Waals surface area contributed by atoms with Gasteiger partial charge in [0.15, 0.2) is 0 Å². The molecule has 0 aliphatic carbocycles. The lowest BCUT2D eigenvalue weighted by atomic mass is 10.1. The van der Waals surface area contributed by atoms with Crippen molar-refractivity contribution < 1.29 is 0 Å². The number of nitrogens with zero attached hydrogens (tertiary/aromatic N) is 2. The molecule has 0 spiro atoms. The highest BCUT2D eigenvalue weighted by Crippen LogP contribution is 2.38. The Morgan fingerprint density at radius 3 is 1.70 bits per heavy atom. The van der Waals surface area contributed by atoms with E-state index in [4.69, 9.17) is 4.98 Å². The smallest absolute Gasteiger partial charge is 0.144 e. The maximum atomic E-state index is 5.21. The minimum Gasteiger partial charge on any atom is -0.299 e. The summed E-state index contributed by atoms with van der Waals surface area (Å²) in [4.78, 5) is 5.21. The van der Waals surface area contributed by atoms with E-state index < -0.39 is 7.92 Å². The molecule has 5 aromatic rings. The fourth-order valence-corrected chi connectivity index (χ4v) is 6.57. The van der Waals surface area contributed by atoms with Crippen LogP contribution in [0.1, 0.15) is 16.8 Å². The third-order valence-electron chi connectivity index (χ3n) is 5.92. The van der Waals surface area contributed by atoms with Crippen molar-refractivity contribution in [3.8, 4) is 17.1 Å². The van der Waals surface area contributed by atoms with Crippen molar-refractivity contribution in [3.05, 3.63) is 132 Å². The second-order valence-electron chi connectivity index (χ2n) is 8.29. The second-order valence-corrected chi connectivity index (χ2v) is 10.5. The van der Waals surface area contributed by atoms with Crippen LogP contribution in [0.5, 0.6) is 0 Å². The first-order chi connectivity index (χ1) is 16.2. The minimum atomic E-state index is -0.555. The zero-order valence-electron chi connectivity index (χ0n) is 19.0. The largest absolute Gasteiger partial charge is 0.299 e. The van der Waals surface area contributed by atoms with Gasteiger partial charge in [0, 0.05) is 17.9 Å². The predicted molar refractivity (Wildman–Crippen MR) is 141 cm³/mol. The summed E-state index contributed by atoms with van der Waals surface area (Å²) in [6.07, 6.45) is 3.15. The molecule has 0 saturated heterocycles. The number of aryl methyl sites for hydroxylation is 2. The first-order valence-corrected chi connectivity index (χ1v) is 12.8. The molecule has 0 radical (unpaired) electrons. The van der Waals surface area contributed by atoms with Crippen molar-refractivity contribution >= 4 is 18.5 Å². The van der Waals surface area contributed by atoms with Gasteiger partial charge in [-0.15, -0.1) is 0 Å². The first kappa shape index (κ1) is 21.4. The predicted octanol–water partition coefficient (Wildman–Crippen LogP) is 6.79. The van der Waals surface area contributed by atoms with Gasteiger partial charge in [0.1, 0.15) is 5.82 Å². The molecule has 33 heavy (non-hydrogen) atoms. The monoisotopic (exact) mass is 446 g/mol. The lowest BCUT2D eigenvalue weighted by Gasteiger charge is -2.17. The molecule has 0 aliphatic rings. The Bertz CT molecular complexity index is 1280. The molecule has 5 rings (SSSR count). The fraction of sp³-hybridized carbons (Fsp3) is 0.100. The molecule has 0 N–H and O–H groups in total. The van der Waals surface area contributed by atoms with Crippen LogP contribution in [0.15, 0.2) is 115 Å². The molecule has 1 aromatic heterocycles. The number of imidazole rings is 1. The number of rotatable bonds is 6. The Kier molecular flexibility index (Phi) is 6.19. The molecule has 4 aromatic carbocycles. The van der Waals surface area contributed by atoms with Gasteiger partial charge in [-0.25, -0.2) is 4.98 Å². The molecule has 2 nitrogen and oxygen atoms in total. The third kappa shape index (κ3) is 4.53. The molecule has 0 unspecified atom stereocenters. The number of hydrogen-bond acceptors (Lipinski definition) is 1. The summed E-state index contributed by atoms with van der Waals surface area (Å²) in [5, 5.41) is 2.75. The van der Waals surface area contributed by atoms with Crippen molar-refractivity contribution in [3.63, 3.8) is 0 Å². The molecule has 3 heteroatoms. The van der Waals surface area contributed by atoms with Crippen molar-refractivity contribution in [2.24, 2.45) is 0 Å². The molecular weight excluding hydrogens is 419 g/mol. The van der Waals surface area contributed by atoms with Gasteiger partial charge in [-0.2, -0.15) is 0 Å². The summed E-state index contributed by atoms with van der Waals surface area (Å²) >= 11 is 0. The quantitative estimate of drug-likeness (QED) is 0.263. The zero-order valence-corrected chi connectivity index (χ0v) is 19.9. The molecule has 0 atom stereocenters. The average Bonchev–Trinajstić information content (AvgIpc) is 3.27. The standard InChI is InChI=1S/C30H27N2P/c1-23-13-12-14-24(2)29(23)32-21-26(31-30(32)25-15-6-3-7-16-25)22-33(27-17-8-4-9-18-27)28-19-10-5-11-20-28/h3-21H,22H2,1-2H3. The van der Waals surface area contributed by atoms with Crippen LogP contribution in [0, 0.1) is 13.8 Å². The van der Waals surface area contributed by atoms with Crippen molar-refractivity contribution in [2.45, 2.75) is 20.0 Å². The van der Waals surface area contributed by atoms with Crippen LogP contribution in [-0.2, 0) is 6.16 Å². The molecule has 1 heterocycles. The fourth-order valence-electron chi connectivity index (χ4n) is 4.36. The van der Waals surface area contributed by atoms with Gasteiger partial charge in [0.2, 0.25) is 0 Å². The van der Waals surface area contributed by atoms with Crippen LogP contribution in [0.3, 0.4) is 0 Å². The van der Waals surface area contributed by atoms with E-state index in [0.29, 0.717) is 0 Å². The molecule has 0 amide bonds. The molecule has 0 saturated carbocycles. The number of para-hydroxylation sites is 1. The average molecular weight is 447 g/mol. The highest BCUT2D eigenvalue weighted by atomic mass is 31.1. The van der Waals surface area contributed by atoms with Crippen molar-refractivity contribution in [2.75, 3.05) is 0 Å². The summed E-state index contributed by atoms with van der Waals surface area (Å²) in [5.41, 5.74) is 5.98. The summed E-state index contributed by atoms with van der Waals surface area (Å²) in [7, 11) is -0.555. The van der Waals surface area contributed by atoms with Gasteiger partial charge >= 0.3 is 0 Å². The molecule has 0 bridgehead atoms. The van der Waals surface area contributed by atoms with Gasteiger partial charge in [-0.1, -0.05) is 109 Å². The zero-order chi connectivity index (χ0) is 22.6. The van der Waals surface area contributed by atoms with E-state index >= 15 is 0 Å². The number of aromatic nitrogens is 2. The van der Waals surface area contributed by atoms with Crippen molar-refractivity contribution in [1.82, 2.24) is 9.55 Å². The Labute approximate surface area is 197 Å². The minimum absolute atomic E-state index is 0.555. The summed E-state index contributed by atoms with van der Waals surface area (Å²) < 4.78 is 2.29. The van der Waals surface area contributed by atoms with Crippen LogP contribution in [0.4, 0.5) is 0 Å². The van der Waals surface area contributed by atoms with Gasteiger partial charge < -0.3 is 0 Å². The second kappa shape index (κ2) is 9.57. The topological polar surface area (TPSA) is 17.8 Å². The SMILES string of the molecule is Cc1cccc(C)c1-n1cc(CP(c2ccccc2)c2ccccc2)nc1-c1ccccc1. The Morgan fingerprint density at radius 2 is 1.15 bits per heavy atom. The van der Waals surface area contributed by atoms with E-state index in [1.165, 1.54) is 27.4 Å². The highest BCUT2D eigenvalue weighted by Gasteiger charge is 2.19. The molecule has 0 fully saturated rings. The van der Waals surface area contributed by atoms with E-state index in [-0.39, 0.29) is 0 Å². The van der Waals surface area contributed by atoms with E-state index in [0.717, 1.165) is 23.2 Å². The van der Waals surface area contributed by atoms with Crippen molar-refractivity contribution in [1.29, 1.82) is 0 Å². The summed E-state index contributed by atoms with van der Waals surface area (Å²) in [6.45, 7) is 4.36. The van der Waals surface area contributed by atoms with Crippen LogP contribution < -0.4 is 10.6 Å².